The minimum absolute atomic E-state index is 0.209. The zero-order valence-electron chi connectivity index (χ0n) is 16.1. The SMILES string of the molecule is CN=C(NCCC(C)N(C)Cc1ccccc1)NCC(C)C(=O)OC. The van der Waals surface area contributed by atoms with Gasteiger partial charge < -0.3 is 15.4 Å². The van der Waals surface area contributed by atoms with Crippen LogP contribution >= 0.6 is 0 Å². The van der Waals surface area contributed by atoms with Crippen molar-refractivity contribution in [3.63, 3.8) is 0 Å². The molecular formula is C19H32N4O2. The van der Waals surface area contributed by atoms with E-state index in [1.54, 1.807) is 7.05 Å². The highest BCUT2D eigenvalue weighted by Gasteiger charge is 2.14. The maximum atomic E-state index is 11.4. The van der Waals surface area contributed by atoms with E-state index < -0.39 is 0 Å². The molecule has 25 heavy (non-hydrogen) atoms. The van der Waals surface area contributed by atoms with Crippen LogP contribution in [0.1, 0.15) is 25.8 Å². The van der Waals surface area contributed by atoms with E-state index in [1.807, 2.05) is 13.0 Å². The molecule has 0 fully saturated rings. The van der Waals surface area contributed by atoms with Crippen LogP contribution < -0.4 is 10.6 Å². The Balaban J connectivity index is 2.30. The molecule has 0 aliphatic heterocycles. The fraction of sp³-hybridized carbons (Fsp3) is 0.579. The van der Waals surface area contributed by atoms with Crippen molar-refractivity contribution in [2.75, 3.05) is 34.3 Å². The summed E-state index contributed by atoms with van der Waals surface area (Å²) in [5.74, 6) is 0.271. The Morgan fingerprint density at radius 2 is 1.92 bits per heavy atom. The molecule has 0 saturated carbocycles. The number of nitrogens with zero attached hydrogens (tertiary/aromatic N) is 2. The first-order valence-electron chi connectivity index (χ1n) is 8.74. The molecule has 6 nitrogen and oxygen atoms in total. The van der Waals surface area contributed by atoms with Crippen LogP contribution in [-0.2, 0) is 16.1 Å². The topological polar surface area (TPSA) is 66.0 Å². The van der Waals surface area contributed by atoms with E-state index in [4.69, 9.17) is 4.74 Å². The molecule has 1 rings (SSSR count). The van der Waals surface area contributed by atoms with Crippen LogP contribution in [0.4, 0.5) is 0 Å². The van der Waals surface area contributed by atoms with Crippen molar-refractivity contribution in [1.82, 2.24) is 15.5 Å². The third-order valence-electron chi connectivity index (χ3n) is 4.28. The van der Waals surface area contributed by atoms with Gasteiger partial charge in [-0.3, -0.25) is 14.7 Å². The molecule has 0 aliphatic rings. The highest BCUT2D eigenvalue weighted by molar-refractivity contribution is 5.80. The maximum absolute atomic E-state index is 11.4. The van der Waals surface area contributed by atoms with Crippen LogP contribution in [0, 0.1) is 5.92 Å². The van der Waals surface area contributed by atoms with Gasteiger partial charge in [0.1, 0.15) is 0 Å². The minimum atomic E-state index is -0.223. The van der Waals surface area contributed by atoms with Crippen molar-refractivity contribution in [3.8, 4) is 0 Å². The summed E-state index contributed by atoms with van der Waals surface area (Å²) in [6.45, 7) is 6.29. The van der Waals surface area contributed by atoms with Gasteiger partial charge in [0.25, 0.3) is 0 Å². The number of nitrogens with one attached hydrogen (secondary N) is 2. The third-order valence-corrected chi connectivity index (χ3v) is 4.28. The van der Waals surface area contributed by atoms with E-state index >= 15 is 0 Å². The molecule has 0 amide bonds. The van der Waals surface area contributed by atoms with Gasteiger partial charge in [-0.05, 0) is 26.0 Å². The maximum Gasteiger partial charge on any atom is 0.310 e. The lowest BCUT2D eigenvalue weighted by Gasteiger charge is -2.25. The summed E-state index contributed by atoms with van der Waals surface area (Å²) in [4.78, 5) is 17.9. The molecule has 140 valence electrons. The van der Waals surface area contributed by atoms with E-state index in [1.165, 1.54) is 12.7 Å². The zero-order valence-corrected chi connectivity index (χ0v) is 16.1. The van der Waals surface area contributed by atoms with Gasteiger partial charge in [0, 0.05) is 32.7 Å². The lowest BCUT2D eigenvalue weighted by atomic mass is 10.1. The predicted molar refractivity (Wildman–Crippen MR) is 103 cm³/mol. The normalized spacial score (nSPS) is 14.1. The van der Waals surface area contributed by atoms with E-state index in [-0.39, 0.29) is 11.9 Å². The summed E-state index contributed by atoms with van der Waals surface area (Å²) in [6.07, 6.45) is 0.997. The monoisotopic (exact) mass is 348 g/mol. The Morgan fingerprint density at radius 3 is 2.52 bits per heavy atom. The van der Waals surface area contributed by atoms with Gasteiger partial charge in [0.15, 0.2) is 5.96 Å². The Morgan fingerprint density at radius 1 is 1.24 bits per heavy atom. The first kappa shape index (κ1) is 21.0. The summed E-state index contributed by atoms with van der Waals surface area (Å²) >= 11 is 0. The van der Waals surface area contributed by atoms with Crippen LogP contribution in [0.25, 0.3) is 0 Å². The molecule has 0 saturated heterocycles. The number of carbonyl (C=O) groups excluding carboxylic acids is 1. The van der Waals surface area contributed by atoms with Gasteiger partial charge in [-0.25, -0.2) is 0 Å². The molecular weight excluding hydrogens is 316 g/mol. The van der Waals surface area contributed by atoms with E-state index in [0.29, 0.717) is 18.5 Å². The fourth-order valence-corrected chi connectivity index (χ4v) is 2.40. The lowest BCUT2D eigenvalue weighted by molar-refractivity contribution is -0.144. The molecule has 0 aliphatic carbocycles. The second-order valence-corrected chi connectivity index (χ2v) is 6.34. The summed E-state index contributed by atoms with van der Waals surface area (Å²) in [6, 6.07) is 10.9. The fourth-order valence-electron chi connectivity index (χ4n) is 2.40. The molecule has 2 N–H and O–H groups in total. The summed E-state index contributed by atoms with van der Waals surface area (Å²) in [5, 5.41) is 6.44. The number of carbonyl (C=O) groups is 1. The Labute approximate surface area is 151 Å². The number of rotatable bonds is 9. The minimum Gasteiger partial charge on any atom is -0.469 e. The van der Waals surface area contributed by atoms with Crippen LogP contribution in [0.2, 0.25) is 0 Å². The van der Waals surface area contributed by atoms with Gasteiger partial charge in [0.2, 0.25) is 0 Å². The van der Waals surface area contributed by atoms with Crippen molar-refractivity contribution in [3.05, 3.63) is 35.9 Å². The van der Waals surface area contributed by atoms with Crippen LogP contribution in [-0.4, -0.2) is 57.2 Å². The smallest absolute Gasteiger partial charge is 0.310 e. The van der Waals surface area contributed by atoms with Gasteiger partial charge in [-0.1, -0.05) is 37.3 Å². The molecule has 0 radical (unpaired) electrons. The summed E-state index contributed by atoms with van der Waals surface area (Å²) in [5.41, 5.74) is 1.32. The Bertz CT molecular complexity index is 533. The van der Waals surface area contributed by atoms with Gasteiger partial charge >= 0.3 is 5.97 Å². The number of guanidine groups is 1. The predicted octanol–water partition coefficient (Wildman–Crippen LogP) is 1.87. The number of methoxy groups -OCH3 is 1. The molecule has 2 atom stereocenters. The average Bonchev–Trinajstić information content (AvgIpc) is 2.63. The van der Waals surface area contributed by atoms with Gasteiger partial charge in [-0.15, -0.1) is 0 Å². The first-order valence-corrected chi connectivity index (χ1v) is 8.74. The van der Waals surface area contributed by atoms with Crippen molar-refractivity contribution >= 4 is 11.9 Å². The Hall–Kier alpha value is -2.08. The number of aliphatic imine (C=N–C) groups is 1. The van der Waals surface area contributed by atoms with Crippen molar-refractivity contribution in [2.45, 2.75) is 32.9 Å². The Kier molecular flexibility index (Phi) is 9.62. The molecule has 1 aromatic rings. The largest absolute Gasteiger partial charge is 0.469 e. The molecule has 0 heterocycles. The molecule has 6 heteroatoms. The first-order chi connectivity index (χ1) is 12.0. The lowest BCUT2D eigenvalue weighted by Crippen LogP contribution is -2.42. The van der Waals surface area contributed by atoms with Gasteiger partial charge in [0.05, 0.1) is 13.0 Å². The summed E-state index contributed by atoms with van der Waals surface area (Å²) < 4.78 is 4.72. The number of esters is 1. The molecule has 2 unspecified atom stereocenters. The van der Waals surface area contributed by atoms with Gasteiger partial charge in [-0.2, -0.15) is 0 Å². The zero-order chi connectivity index (χ0) is 18.7. The van der Waals surface area contributed by atoms with Crippen LogP contribution in [0.15, 0.2) is 35.3 Å². The average molecular weight is 348 g/mol. The number of hydrogen-bond donors (Lipinski definition) is 2. The molecule has 1 aromatic carbocycles. The van der Waals surface area contributed by atoms with Crippen LogP contribution in [0.5, 0.6) is 0 Å². The van der Waals surface area contributed by atoms with E-state index in [0.717, 1.165) is 19.5 Å². The summed E-state index contributed by atoms with van der Waals surface area (Å²) in [7, 11) is 5.27. The number of benzene rings is 1. The second-order valence-electron chi connectivity index (χ2n) is 6.34. The van der Waals surface area contributed by atoms with Crippen molar-refractivity contribution < 1.29 is 9.53 Å². The highest BCUT2D eigenvalue weighted by atomic mass is 16.5. The number of ether oxygens (including phenoxy) is 1. The molecule has 0 bridgehead atoms. The quantitative estimate of drug-likeness (QED) is 0.405. The molecule has 0 aromatic heterocycles. The van der Waals surface area contributed by atoms with E-state index in [2.05, 4.69) is 58.8 Å². The standard InChI is InChI=1S/C19H32N4O2/c1-15(18(24)25-5)13-22-19(20-3)21-12-11-16(2)23(4)14-17-9-7-6-8-10-17/h6-10,15-16H,11-14H2,1-5H3,(H2,20,21,22). The third kappa shape index (κ3) is 8.03. The van der Waals surface area contributed by atoms with Crippen molar-refractivity contribution in [2.24, 2.45) is 10.9 Å². The number of hydrogen-bond acceptors (Lipinski definition) is 4. The second kappa shape index (κ2) is 11.5. The van der Waals surface area contributed by atoms with Crippen molar-refractivity contribution in [1.29, 1.82) is 0 Å². The molecule has 0 spiro atoms. The van der Waals surface area contributed by atoms with E-state index in [9.17, 15) is 4.79 Å². The highest BCUT2D eigenvalue weighted by Crippen LogP contribution is 2.07. The van der Waals surface area contributed by atoms with Crippen LogP contribution in [0.3, 0.4) is 0 Å².